The van der Waals surface area contributed by atoms with Crippen LogP contribution in [0.4, 0.5) is 5.69 Å². The quantitative estimate of drug-likeness (QED) is 0.643. The van der Waals surface area contributed by atoms with E-state index in [2.05, 4.69) is 15.5 Å². The van der Waals surface area contributed by atoms with Crippen LogP contribution >= 0.6 is 0 Å². The Hall–Kier alpha value is -2.84. The molecule has 0 atom stereocenters. The average molecular weight is 291 g/mol. The Morgan fingerprint density at radius 2 is 2.00 bits per heavy atom. The smallest absolute Gasteiger partial charge is 0.331 e. The van der Waals surface area contributed by atoms with Gasteiger partial charge in [-0.15, -0.1) is 5.10 Å². The predicted octanol–water partition coefficient (Wildman–Crippen LogP) is 0.992. The molecule has 0 fully saturated rings. The molecule has 0 spiro atoms. The minimum atomic E-state index is -1.28. The summed E-state index contributed by atoms with van der Waals surface area (Å²) in [6.07, 6.45) is 0.279. The van der Waals surface area contributed by atoms with Crippen molar-refractivity contribution in [2.75, 3.05) is 0 Å². The SMILES string of the molecule is CC(C)(C(=O)O)n1nnnc1Cc1ccc([N+](=O)[O-])cc1. The third-order valence-corrected chi connectivity index (χ3v) is 3.10. The van der Waals surface area contributed by atoms with E-state index in [1.807, 2.05) is 0 Å². The Kier molecular flexibility index (Phi) is 3.66. The Balaban J connectivity index is 2.27. The molecular formula is C12H13N5O4. The lowest BCUT2D eigenvalue weighted by Gasteiger charge is -2.20. The molecule has 1 aromatic carbocycles. The molecule has 0 saturated heterocycles. The summed E-state index contributed by atoms with van der Waals surface area (Å²) in [5, 5.41) is 30.8. The van der Waals surface area contributed by atoms with Gasteiger partial charge in [-0.05, 0) is 29.8 Å². The van der Waals surface area contributed by atoms with Gasteiger partial charge in [-0.2, -0.15) is 0 Å². The number of nitrogens with zero attached hydrogens (tertiary/aromatic N) is 5. The zero-order valence-electron chi connectivity index (χ0n) is 11.4. The number of nitro benzene ring substituents is 1. The molecule has 9 nitrogen and oxygen atoms in total. The molecule has 110 valence electrons. The van der Waals surface area contributed by atoms with Gasteiger partial charge in [0.25, 0.3) is 5.69 Å². The molecule has 0 bridgehead atoms. The first-order valence-electron chi connectivity index (χ1n) is 6.07. The molecule has 1 N–H and O–H groups in total. The van der Waals surface area contributed by atoms with E-state index in [-0.39, 0.29) is 12.1 Å². The second kappa shape index (κ2) is 5.27. The van der Waals surface area contributed by atoms with Crippen LogP contribution in [-0.4, -0.2) is 36.2 Å². The molecule has 0 radical (unpaired) electrons. The number of benzene rings is 1. The number of nitro groups is 1. The summed E-state index contributed by atoms with van der Waals surface area (Å²) in [6.45, 7) is 2.98. The second-order valence-electron chi connectivity index (χ2n) is 4.97. The van der Waals surface area contributed by atoms with E-state index in [0.717, 1.165) is 5.56 Å². The molecule has 0 aliphatic carbocycles. The number of tetrazole rings is 1. The largest absolute Gasteiger partial charge is 0.479 e. The molecular weight excluding hydrogens is 278 g/mol. The third kappa shape index (κ3) is 2.86. The van der Waals surface area contributed by atoms with Gasteiger partial charge in [0.1, 0.15) is 0 Å². The zero-order chi connectivity index (χ0) is 15.6. The van der Waals surface area contributed by atoms with Crippen molar-refractivity contribution in [3.8, 4) is 0 Å². The molecule has 21 heavy (non-hydrogen) atoms. The Morgan fingerprint density at radius 3 is 2.52 bits per heavy atom. The highest BCUT2D eigenvalue weighted by Crippen LogP contribution is 2.18. The molecule has 2 aromatic rings. The van der Waals surface area contributed by atoms with Crippen molar-refractivity contribution in [1.82, 2.24) is 20.2 Å². The van der Waals surface area contributed by atoms with Crippen LogP contribution in [0.3, 0.4) is 0 Å². The van der Waals surface area contributed by atoms with Gasteiger partial charge in [-0.3, -0.25) is 10.1 Å². The summed E-state index contributed by atoms with van der Waals surface area (Å²) < 4.78 is 1.23. The minimum absolute atomic E-state index is 0.00999. The van der Waals surface area contributed by atoms with Crippen molar-refractivity contribution in [1.29, 1.82) is 0 Å². The average Bonchev–Trinajstić information content (AvgIpc) is 2.88. The minimum Gasteiger partial charge on any atom is -0.479 e. The first-order valence-corrected chi connectivity index (χ1v) is 6.07. The van der Waals surface area contributed by atoms with Gasteiger partial charge in [-0.25, -0.2) is 9.48 Å². The van der Waals surface area contributed by atoms with Gasteiger partial charge in [-0.1, -0.05) is 12.1 Å². The monoisotopic (exact) mass is 291 g/mol. The molecule has 2 rings (SSSR count). The first-order chi connectivity index (χ1) is 9.82. The highest BCUT2D eigenvalue weighted by molar-refractivity contribution is 5.75. The van der Waals surface area contributed by atoms with Crippen molar-refractivity contribution in [3.05, 3.63) is 45.8 Å². The van der Waals surface area contributed by atoms with Crippen LogP contribution in [0.25, 0.3) is 0 Å². The van der Waals surface area contributed by atoms with E-state index in [1.54, 1.807) is 12.1 Å². The summed E-state index contributed by atoms with van der Waals surface area (Å²) in [5.74, 6) is -0.684. The van der Waals surface area contributed by atoms with E-state index in [0.29, 0.717) is 5.82 Å². The lowest BCUT2D eigenvalue weighted by molar-refractivity contribution is -0.384. The maximum absolute atomic E-state index is 11.3. The highest BCUT2D eigenvalue weighted by atomic mass is 16.6. The molecule has 9 heteroatoms. The third-order valence-electron chi connectivity index (χ3n) is 3.10. The molecule has 0 unspecified atom stereocenters. The summed E-state index contributed by atoms with van der Waals surface area (Å²) in [4.78, 5) is 21.4. The van der Waals surface area contributed by atoms with Crippen LogP contribution in [-0.2, 0) is 16.8 Å². The van der Waals surface area contributed by atoms with Gasteiger partial charge in [0.2, 0.25) is 0 Å². The van der Waals surface area contributed by atoms with Crippen LogP contribution < -0.4 is 0 Å². The lowest BCUT2D eigenvalue weighted by Crippen LogP contribution is -2.38. The van der Waals surface area contributed by atoms with E-state index in [1.165, 1.54) is 30.7 Å². The van der Waals surface area contributed by atoms with E-state index in [9.17, 15) is 20.0 Å². The van der Waals surface area contributed by atoms with E-state index < -0.39 is 16.4 Å². The van der Waals surface area contributed by atoms with Crippen LogP contribution in [0, 0.1) is 10.1 Å². The summed E-state index contributed by atoms with van der Waals surface area (Å²) in [5.41, 5.74) is -0.540. The Bertz CT molecular complexity index is 677. The first kappa shape index (κ1) is 14.6. The molecule has 0 amide bonds. The fraction of sp³-hybridized carbons (Fsp3) is 0.333. The van der Waals surface area contributed by atoms with E-state index >= 15 is 0 Å². The van der Waals surface area contributed by atoms with Gasteiger partial charge in [0.15, 0.2) is 11.4 Å². The number of carboxylic acid groups (broad SMARTS) is 1. The zero-order valence-corrected chi connectivity index (χ0v) is 11.4. The highest BCUT2D eigenvalue weighted by Gasteiger charge is 2.33. The number of carbonyl (C=O) groups is 1. The number of hydrogen-bond donors (Lipinski definition) is 1. The van der Waals surface area contributed by atoms with Crippen LogP contribution in [0.5, 0.6) is 0 Å². The van der Waals surface area contributed by atoms with Crippen LogP contribution in [0.1, 0.15) is 25.2 Å². The second-order valence-corrected chi connectivity index (χ2v) is 4.97. The van der Waals surface area contributed by atoms with Crippen LogP contribution in [0.15, 0.2) is 24.3 Å². The van der Waals surface area contributed by atoms with E-state index in [4.69, 9.17) is 0 Å². The number of hydrogen-bond acceptors (Lipinski definition) is 6. The molecule has 1 aromatic heterocycles. The number of carboxylic acids is 1. The summed E-state index contributed by atoms with van der Waals surface area (Å²) >= 11 is 0. The van der Waals surface area contributed by atoms with Gasteiger partial charge >= 0.3 is 5.97 Å². The van der Waals surface area contributed by atoms with Crippen molar-refractivity contribution in [2.45, 2.75) is 25.8 Å². The van der Waals surface area contributed by atoms with Crippen molar-refractivity contribution < 1.29 is 14.8 Å². The van der Waals surface area contributed by atoms with Crippen molar-refractivity contribution in [3.63, 3.8) is 0 Å². The van der Waals surface area contributed by atoms with Crippen molar-refractivity contribution in [2.24, 2.45) is 0 Å². The standard InChI is InChI=1S/C12H13N5O4/c1-12(2,11(18)19)16-10(13-14-15-16)7-8-3-5-9(6-4-8)17(20)21/h3-6H,7H2,1-2H3,(H,18,19). The number of aromatic nitrogens is 4. The lowest BCUT2D eigenvalue weighted by atomic mass is 10.1. The molecule has 0 saturated carbocycles. The van der Waals surface area contributed by atoms with Gasteiger partial charge in [0, 0.05) is 18.6 Å². The number of aliphatic carboxylic acids is 1. The molecule has 0 aliphatic rings. The Morgan fingerprint density at radius 1 is 1.38 bits per heavy atom. The maximum atomic E-state index is 11.3. The Labute approximate surface area is 119 Å². The predicted molar refractivity (Wildman–Crippen MR) is 70.7 cm³/mol. The fourth-order valence-corrected chi connectivity index (χ4v) is 1.76. The normalized spacial score (nSPS) is 11.3. The number of rotatable bonds is 5. The van der Waals surface area contributed by atoms with Gasteiger partial charge in [0.05, 0.1) is 4.92 Å². The van der Waals surface area contributed by atoms with Crippen LogP contribution in [0.2, 0.25) is 0 Å². The summed E-state index contributed by atoms with van der Waals surface area (Å²) in [6, 6.07) is 5.94. The van der Waals surface area contributed by atoms with Crippen molar-refractivity contribution >= 4 is 11.7 Å². The molecule has 0 aliphatic heterocycles. The topological polar surface area (TPSA) is 124 Å². The number of non-ortho nitro benzene ring substituents is 1. The summed E-state index contributed by atoms with van der Waals surface area (Å²) in [7, 11) is 0. The fourth-order valence-electron chi connectivity index (χ4n) is 1.76. The molecule has 1 heterocycles. The van der Waals surface area contributed by atoms with Gasteiger partial charge < -0.3 is 5.11 Å². The maximum Gasteiger partial charge on any atom is 0.331 e.